The second kappa shape index (κ2) is 9.99. The normalized spacial score (nSPS) is 15.8. The molecule has 4 aromatic carbocycles. The summed E-state index contributed by atoms with van der Waals surface area (Å²) in [4.78, 5) is 17.3. The van der Waals surface area contributed by atoms with Crippen LogP contribution in [-0.2, 0) is 11.4 Å². The van der Waals surface area contributed by atoms with Crippen molar-refractivity contribution >= 4 is 68.0 Å². The number of fused-ring (bicyclic) bond motifs is 1. The van der Waals surface area contributed by atoms with Crippen LogP contribution in [0.1, 0.15) is 11.1 Å². The highest BCUT2D eigenvalue weighted by molar-refractivity contribution is 14.1. The number of aliphatic imine (C=N–C) groups is 1. The lowest BCUT2D eigenvalue weighted by Gasteiger charge is -2.10. The molecule has 0 spiro atoms. The Morgan fingerprint density at radius 3 is 2.56 bits per heavy atom. The molecule has 0 atom stereocenters. The molecule has 5 rings (SSSR count). The minimum absolute atomic E-state index is 0.211. The van der Waals surface area contributed by atoms with Crippen molar-refractivity contribution in [3.8, 4) is 5.75 Å². The van der Waals surface area contributed by atoms with Crippen molar-refractivity contribution in [1.82, 2.24) is 5.32 Å². The standard InChI is InChI=1S/C27H18FIN2O2S/c28-21-8-10-22(11-9-21)30-27-31-26(32)25(34-27)15-17-6-12-24(23(29)14-17)33-16-18-5-7-19-3-1-2-4-20(19)13-18/h1-15H,16H2,(H,30,31,32)/b25-15+. The van der Waals surface area contributed by atoms with E-state index in [4.69, 9.17) is 4.74 Å². The highest BCUT2D eigenvalue weighted by Crippen LogP contribution is 2.30. The number of thioether (sulfide) groups is 1. The molecule has 1 amide bonds. The van der Waals surface area contributed by atoms with Crippen LogP contribution in [0.5, 0.6) is 5.75 Å². The molecule has 0 radical (unpaired) electrons. The van der Waals surface area contributed by atoms with Crippen molar-refractivity contribution in [2.24, 2.45) is 4.99 Å². The van der Waals surface area contributed by atoms with Gasteiger partial charge in [-0.25, -0.2) is 9.38 Å². The molecular formula is C27H18FIN2O2S. The minimum Gasteiger partial charge on any atom is -0.488 e. The first kappa shape index (κ1) is 22.6. The number of nitrogens with zero attached hydrogens (tertiary/aromatic N) is 1. The number of amides is 1. The Balaban J connectivity index is 1.27. The summed E-state index contributed by atoms with van der Waals surface area (Å²) in [6.07, 6.45) is 1.82. The largest absolute Gasteiger partial charge is 0.488 e. The second-order valence-electron chi connectivity index (χ2n) is 7.62. The molecule has 168 valence electrons. The van der Waals surface area contributed by atoms with E-state index < -0.39 is 0 Å². The number of carbonyl (C=O) groups excluding carboxylic acids is 1. The number of carbonyl (C=O) groups is 1. The van der Waals surface area contributed by atoms with Gasteiger partial charge in [-0.3, -0.25) is 4.79 Å². The zero-order valence-electron chi connectivity index (χ0n) is 17.8. The van der Waals surface area contributed by atoms with E-state index in [9.17, 15) is 9.18 Å². The summed E-state index contributed by atoms with van der Waals surface area (Å²) in [6.45, 7) is 0.475. The molecular weight excluding hydrogens is 562 g/mol. The van der Waals surface area contributed by atoms with E-state index in [0.717, 1.165) is 20.4 Å². The van der Waals surface area contributed by atoms with Gasteiger partial charge in [0.05, 0.1) is 14.2 Å². The lowest BCUT2D eigenvalue weighted by molar-refractivity contribution is -0.115. The molecule has 1 saturated heterocycles. The van der Waals surface area contributed by atoms with Crippen LogP contribution in [0.3, 0.4) is 0 Å². The van der Waals surface area contributed by atoms with Crippen LogP contribution in [0.25, 0.3) is 16.8 Å². The van der Waals surface area contributed by atoms with E-state index in [1.165, 1.54) is 34.7 Å². The minimum atomic E-state index is -0.327. The molecule has 4 aromatic rings. The fraction of sp³-hybridized carbons (Fsp3) is 0.0370. The van der Waals surface area contributed by atoms with Crippen LogP contribution in [0.2, 0.25) is 0 Å². The summed E-state index contributed by atoms with van der Waals surface area (Å²) in [7, 11) is 0. The zero-order valence-corrected chi connectivity index (χ0v) is 20.8. The third-order valence-electron chi connectivity index (χ3n) is 5.17. The molecule has 7 heteroatoms. The molecule has 1 aliphatic heterocycles. The monoisotopic (exact) mass is 580 g/mol. The number of amidine groups is 1. The van der Waals surface area contributed by atoms with Crippen molar-refractivity contribution < 1.29 is 13.9 Å². The van der Waals surface area contributed by atoms with E-state index in [0.29, 0.717) is 22.4 Å². The third kappa shape index (κ3) is 5.31. The predicted octanol–water partition coefficient (Wildman–Crippen LogP) is 7.05. The molecule has 1 aliphatic rings. The molecule has 1 fully saturated rings. The molecule has 1 N–H and O–H groups in total. The average molecular weight is 580 g/mol. The second-order valence-corrected chi connectivity index (χ2v) is 9.81. The van der Waals surface area contributed by atoms with Gasteiger partial charge in [0.2, 0.25) is 0 Å². The first-order valence-corrected chi connectivity index (χ1v) is 12.4. The Labute approximate surface area is 214 Å². The van der Waals surface area contributed by atoms with Crippen LogP contribution >= 0.6 is 34.4 Å². The number of hydrogen-bond donors (Lipinski definition) is 1. The zero-order chi connectivity index (χ0) is 23.5. The summed E-state index contributed by atoms with van der Waals surface area (Å²) >= 11 is 3.49. The summed E-state index contributed by atoms with van der Waals surface area (Å²) in [5, 5.41) is 5.61. The fourth-order valence-corrected chi connectivity index (χ4v) is 5.02. The van der Waals surface area contributed by atoms with Crippen molar-refractivity contribution in [3.63, 3.8) is 0 Å². The van der Waals surface area contributed by atoms with Crippen molar-refractivity contribution in [3.05, 3.63) is 110 Å². The number of halogens is 2. The quantitative estimate of drug-likeness (QED) is 0.203. The number of rotatable bonds is 5. The lowest BCUT2D eigenvalue weighted by atomic mass is 10.1. The van der Waals surface area contributed by atoms with Crippen LogP contribution in [0.4, 0.5) is 10.1 Å². The molecule has 1 heterocycles. The Morgan fingerprint density at radius 1 is 0.971 bits per heavy atom. The van der Waals surface area contributed by atoms with E-state index in [1.54, 1.807) is 12.1 Å². The SMILES string of the molecule is O=C1NC(=Nc2ccc(F)cc2)S/C1=C/c1ccc(OCc2ccc3ccccc3c2)c(I)c1. The van der Waals surface area contributed by atoms with Gasteiger partial charge in [-0.2, -0.15) is 0 Å². The Bertz CT molecular complexity index is 1450. The van der Waals surface area contributed by atoms with Crippen molar-refractivity contribution in [2.75, 3.05) is 0 Å². The highest BCUT2D eigenvalue weighted by atomic mass is 127. The van der Waals surface area contributed by atoms with Gasteiger partial charge in [-0.1, -0.05) is 42.5 Å². The fourth-order valence-electron chi connectivity index (χ4n) is 3.48. The summed E-state index contributed by atoms with van der Waals surface area (Å²) in [5.74, 6) is 0.252. The maximum atomic E-state index is 13.1. The van der Waals surface area contributed by atoms with Crippen LogP contribution in [0.15, 0.2) is 94.8 Å². The summed E-state index contributed by atoms with van der Waals surface area (Å²) < 4.78 is 20.1. The van der Waals surface area contributed by atoms with Gasteiger partial charge in [0, 0.05) is 0 Å². The van der Waals surface area contributed by atoms with Gasteiger partial charge < -0.3 is 10.1 Å². The Kier molecular flexibility index (Phi) is 6.64. The number of hydrogen-bond acceptors (Lipinski definition) is 4. The first-order chi connectivity index (χ1) is 16.5. The molecule has 0 bridgehead atoms. The van der Waals surface area contributed by atoms with Gasteiger partial charge in [-0.15, -0.1) is 0 Å². The summed E-state index contributed by atoms with van der Waals surface area (Å²) in [5.41, 5.74) is 2.57. The van der Waals surface area contributed by atoms with E-state index in [-0.39, 0.29) is 11.7 Å². The van der Waals surface area contributed by atoms with Crippen molar-refractivity contribution in [2.45, 2.75) is 6.61 Å². The highest BCUT2D eigenvalue weighted by Gasteiger charge is 2.23. The topological polar surface area (TPSA) is 50.7 Å². The number of ether oxygens (including phenoxy) is 1. The van der Waals surface area contributed by atoms with Crippen LogP contribution < -0.4 is 10.1 Å². The molecule has 0 aromatic heterocycles. The molecule has 0 unspecified atom stereocenters. The Morgan fingerprint density at radius 2 is 1.76 bits per heavy atom. The molecule has 0 aliphatic carbocycles. The number of nitrogens with one attached hydrogen (secondary N) is 1. The lowest BCUT2D eigenvalue weighted by Crippen LogP contribution is -2.19. The van der Waals surface area contributed by atoms with Crippen LogP contribution in [0, 0.1) is 9.39 Å². The summed E-state index contributed by atoms with van der Waals surface area (Å²) in [6, 6.07) is 26.2. The maximum absolute atomic E-state index is 13.1. The third-order valence-corrected chi connectivity index (χ3v) is 6.92. The van der Waals surface area contributed by atoms with Gasteiger partial charge >= 0.3 is 0 Å². The van der Waals surface area contributed by atoms with E-state index in [2.05, 4.69) is 63.2 Å². The van der Waals surface area contributed by atoms with Gasteiger partial charge in [0.15, 0.2) is 5.17 Å². The van der Waals surface area contributed by atoms with E-state index in [1.807, 2.05) is 36.4 Å². The van der Waals surface area contributed by atoms with Crippen molar-refractivity contribution in [1.29, 1.82) is 0 Å². The molecule has 34 heavy (non-hydrogen) atoms. The van der Waals surface area contributed by atoms with Crippen LogP contribution in [-0.4, -0.2) is 11.1 Å². The van der Waals surface area contributed by atoms with Gasteiger partial charge in [0.1, 0.15) is 18.2 Å². The maximum Gasteiger partial charge on any atom is 0.264 e. The Hall–Kier alpha value is -3.17. The number of benzene rings is 4. The first-order valence-electron chi connectivity index (χ1n) is 10.5. The van der Waals surface area contributed by atoms with Gasteiger partial charge in [0.25, 0.3) is 5.91 Å². The molecule has 0 saturated carbocycles. The van der Waals surface area contributed by atoms with Gasteiger partial charge in [-0.05, 0) is 105 Å². The van der Waals surface area contributed by atoms with E-state index >= 15 is 0 Å². The average Bonchev–Trinajstić information content (AvgIpc) is 3.18. The molecule has 4 nitrogen and oxygen atoms in total. The smallest absolute Gasteiger partial charge is 0.264 e. The predicted molar refractivity (Wildman–Crippen MR) is 145 cm³/mol.